The van der Waals surface area contributed by atoms with Crippen LogP contribution < -0.4 is 5.01 Å². The number of hydrogen-bond donors (Lipinski definition) is 0. The normalized spacial score (nSPS) is 16.7. The third kappa shape index (κ3) is 3.66. The average molecular weight is 446 g/mol. The maximum Gasteiger partial charge on any atom is 0.0831 e. The summed E-state index contributed by atoms with van der Waals surface area (Å²) in [6, 6.07) is 24.1. The van der Waals surface area contributed by atoms with Gasteiger partial charge >= 0.3 is 0 Å². The molecule has 0 bridgehead atoms. The van der Waals surface area contributed by atoms with E-state index in [9.17, 15) is 0 Å². The fourth-order valence-electron chi connectivity index (χ4n) is 3.13. The average Bonchev–Trinajstić information content (AvgIpc) is 3.08. The highest BCUT2D eigenvalue weighted by molar-refractivity contribution is 9.10. The van der Waals surface area contributed by atoms with Crippen molar-refractivity contribution in [1.82, 2.24) is 0 Å². The highest BCUT2D eigenvalue weighted by Gasteiger charge is 2.30. The van der Waals surface area contributed by atoms with Gasteiger partial charge in [-0.05, 0) is 53.6 Å². The van der Waals surface area contributed by atoms with Gasteiger partial charge < -0.3 is 0 Å². The molecule has 0 aromatic heterocycles. The molecular formula is C21H15BrCl2N2. The lowest BCUT2D eigenvalue weighted by Gasteiger charge is -2.24. The van der Waals surface area contributed by atoms with Gasteiger partial charge in [0.05, 0.1) is 17.4 Å². The lowest BCUT2D eigenvalue weighted by Crippen LogP contribution is -2.18. The zero-order valence-electron chi connectivity index (χ0n) is 13.7. The fraction of sp³-hybridized carbons (Fsp3) is 0.0952. The van der Waals surface area contributed by atoms with E-state index in [1.54, 1.807) is 0 Å². The largest absolute Gasteiger partial charge is 0.257 e. The van der Waals surface area contributed by atoms with E-state index in [1.807, 2.05) is 53.5 Å². The molecule has 1 atom stereocenters. The van der Waals surface area contributed by atoms with Gasteiger partial charge in [-0.15, -0.1) is 0 Å². The van der Waals surface area contributed by atoms with Gasteiger partial charge in [0.25, 0.3) is 0 Å². The summed E-state index contributed by atoms with van der Waals surface area (Å²) in [5.74, 6) is 0. The second-order valence-corrected chi connectivity index (χ2v) is 7.94. The van der Waals surface area contributed by atoms with Crippen LogP contribution in [-0.2, 0) is 0 Å². The molecule has 5 heteroatoms. The predicted molar refractivity (Wildman–Crippen MR) is 113 cm³/mol. The van der Waals surface area contributed by atoms with Crippen molar-refractivity contribution in [2.24, 2.45) is 5.10 Å². The number of anilines is 1. The smallest absolute Gasteiger partial charge is 0.0831 e. The fourth-order valence-corrected chi connectivity index (χ4v) is 3.70. The SMILES string of the molecule is Clc1ccc([C@H]2CC(c3ccc(Br)cc3)=NN2c2cccc(Cl)c2)cc1. The summed E-state index contributed by atoms with van der Waals surface area (Å²) in [6.07, 6.45) is 0.815. The summed E-state index contributed by atoms with van der Waals surface area (Å²) in [5.41, 5.74) is 4.32. The van der Waals surface area contributed by atoms with Gasteiger partial charge in [-0.1, -0.05) is 69.5 Å². The summed E-state index contributed by atoms with van der Waals surface area (Å²) in [6.45, 7) is 0. The molecule has 0 saturated carbocycles. The highest BCUT2D eigenvalue weighted by atomic mass is 79.9. The quantitative estimate of drug-likeness (QED) is 0.419. The molecule has 0 spiro atoms. The highest BCUT2D eigenvalue weighted by Crippen LogP contribution is 2.37. The molecule has 2 nitrogen and oxygen atoms in total. The van der Waals surface area contributed by atoms with E-state index < -0.39 is 0 Å². The van der Waals surface area contributed by atoms with E-state index in [4.69, 9.17) is 28.3 Å². The van der Waals surface area contributed by atoms with Crippen molar-refractivity contribution in [3.05, 3.63) is 98.4 Å². The van der Waals surface area contributed by atoms with E-state index >= 15 is 0 Å². The second-order valence-electron chi connectivity index (χ2n) is 6.15. The Kier molecular flexibility index (Phi) is 5.03. The van der Waals surface area contributed by atoms with Crippen LogP contribution in [0.2, 0.25) is 10.0 Å². The molecule has 0 N–H and O–H groups in total. The number of halogens is 3. The molecule has 0 fully saturated rings. The zero-order valence-corrected chi connectivity index (χ0v) is 16.8. The number of benzene rings is 3. The van der Waals surface area contributed by atoms with E-state index in [2.05, 4.69) is 40.2 Å². The van der Waals surface area contributed by atoms with Gasteiger partial charge in [-0.3, -0.25) is 5.01 Å². The molecule has 3 aromatic carbocycles. The van der Waals surface area contributed by atoms with Crippen LogP contribution in [0.15, 0.2) is 82.4 Å². The Morgan fingerprint density at radius 2 is 1.62 bits per heavy atom. The molecule has 1 heterocycles. The molecule has 3 aromatic rings. The van der Waals surface area contributed by atoms with Crippen LogP contribution in [0.25, 0.3) is 0 Å². The third-order valence-electron chi connectivity index (χ3n) is 4.42. The molecule has 0 aliphatic carbocycles. The Morgan fingerprint density at radius 1 is 0.885 bits per heavy atom. The van der Waals surface area contributed by atoms with Crippen molar-refractivity contribution in [2.75, 3.05) is 5.01 Å². The molecule has 130 valence electrons. The molecule has 4 rings (SSSR count). The standard InChI is InChI=1S/C21H15BrCl2N2/c22-16-8-4-14(5-9-16)20-13-21(15-6-10-17(23)11-7-15)26(25-20)19-3-1-2-18(24)12-19/h1-12,21H,13H2/t21-/m1/s1. The number of rotatable bonds is 3. The molecule has 1 aliphatic heterocycles. The molecule has 0 amide bonds. The summed E-state index contributed by atoms with van der Waals surface area (Å²) in [4.78, 5) is 0. The number of hydrazone groups is 1. The Bertz CT molecular complexity index is 953. The van der Waals surface area contributed by atoms with Gasteiger partial charge in [0.15, 0.2) is 0 Å². The van der Waals surface area contributed by atoms with Crippen molar-refractivity contribution < 1.29 is 0 Å². The monoisotopic (exact) mass is 444 g/mol. The zero-order chi connectivity index (χ0) is 18.1. The van der Waals surface area contributed by atoms with Crippen LogP contribution in [0.5, 0.6) is 0 Å². The minimum Gasteiger partial charge on any atom is -0.257 e. The Morgan fingerprint density at radius 3 is 2.31 bits per heavy atom. The van der Waals surface area contributed by atoms with Gasteiger partial charge in [0.2, 0.25) is 0 Å². The summed E-state index contributed by atoms with van der Waals surface area (Å²) >= 11 is 15.8. The lowest BCUT2D eigenvalue weighted by atomic mass is 9.98. The summed E-state index contributed by atoms with van der Waals surface area (Å²) in [5, 5.41) is 8.40. The maximum absolute atomic E-state index is 6.21. The van der Waals surface area contributed by atoms with E-state index in [0.717, 1.165) is 32.9 Å². The topological polar surface area (TPSA) is 15.6 Å². The van der Waals surface area contributed by atoms with Crippen LogP contribution in [0.3, 0.4) is 0 Å². The first-order valence-corrected chi connectivity index (χ1v) is 9.79. The molecule has 0 saturated heterocycles. The van der Waals surface area contributed by atoms with Crippen molar-refractivity contribution in [1.29, 1.82) is 0 Å². The number of nitrogens with zero attached hydrogens (tertiary/aromatic N) is 2. The van der Waals surface area contributed by atoms with E-state index in [0.29, 0.717) is 5.02 Å². The van der Waals surface area contributed by atoms with Gasteiger partial charge in [0.1, 0.15) is 0 Å². The van der Waals surface area contributed by atoms with Gasteiger partial charge in [0, 0.05) is 20.9 Å². The van der Waals surface area contributed by atoms with Crippen molar-refractivity contribution >= 4 is 50.5 Å². The van der Waals surface area contributed by atoms with Crippen LogP contribution in [0.1, 0.15) is 23.6 Å². The van der Waals surface area contributed by atoms with Crippen molar-refractivity contribution in [3.8, 4) is 0 Å². The third-order valence-corrected chi connectivity index (χ3v) is 5.43. The second kappa shape index (κ2) is 7.43. The van der Waals surface area contributed by atoms with Crippen LogP contribution in [0.4, 0.5) is 5.69 Å². The molecule has 26 heavy (non-hydrogen) atoms. The minimum absolute atomic E-state index is 0.101. The maximum atomic E-state index is 6.21. The van der Waals surface area contributed by atoms with Gasteiger partial charge in [-0.25, -0.2) is 0 Å². The van der Waals surface area contributed by atoms with Crippen LogP contribution in [0, 0.1) is 0 Å². The Balaban J connectivity index is 1.75. The molecular weight excluding hydrogens is 431 g/mol. The van der Waals surface area contributed by atoms with E-state index in [-0.39, 0.29) is 6.04 Å². The summed E-state index contributed by atoms with van der Waals surface area (Å²) < 4.78 is 1.06. The van der Waals surface area contributed by atoms with Crippen LogP contribution in [-0.4, -0.2) is 5.71 Å². The molecule has 1 aliphatic rings. The van der Waals surface area contributed by atoms with Crippen LogP contribution >= 0.6 is 39.1 Å². The van der Waals surface area contributed by atoms with Crippen molar-refractivity contribution in [2.45, 2.75) is 12.5 Å². The summed E-state index contributed by atoms with van der Waals surface area (Å²) in [7, 11) is 0. The lowest BCUT2D eigenvalue weighted by molar-refractivity contribution is 0.709. The Hall–Kier alpha value is -1.81. The molecule has 0 unspecified atom stereocenters. The predicted octanol–water partition coefficient (Wildman–Crippen LogP) is 7.11. The number of hydrogen-bond acceptors (Lipinski definition) is 2. The van der Waals surface area contributed by atoms with Gasteiger partial charge in [-0.2, -0.15) is 5.10 Å². The first kappa shape index (κ1) is 17.6. The first-order chi connectivity index (χ1) is 12.6. The Labute approximate surface area is 171 Å². The minimum atomic E-state index is 0.101. The van der Waals surface area contributed by atoms with Crippen molar-refractivity contribution in [3.63, 3.8) is 0 Å². The first-order valence-electron chi connectivity index (χ1n) is 8.24. The molecule has 0 radical (unpaired) electrons. The van der Waals surface area contributed by atoms with E-state index in [1.165, 1.54) is 5.56 Å².